The molecule has 0 atom stereocenters. The van der Waals surface area contributed by atoms with Gasteiger partial charge in [0.25, 0.3) is 0 Å². The van der Waals surface area contributed by atoms with Crippen LogP contribution >= 0.6 is 15.9 Å². The summed E-state index contributed by atoms with van der Waals surface area (Å²) in [6, 6.07) is 6.77. The van der Waals surface area contributed by atoms with Crippen LogP contribution in [-0.2, 0) is 0 Å². The summed E-state index contributed by atoms with van der Waals surface area (Å²) in [4.78, 5) is 15.8. The van der Waals surface area contributed by atoms with Gasteiger partial charge in [0.15, 0.2) is 5.69 Å². The fraction of sp³-hybridized carbons (Fsp3) is 0. The molecule has 0 saturated heterocycles. The van der Waals surface area contributed by atoms with E-state index in [1.54, 1.807) is 0 Å². The number of nitrogens with zero attached hydrogens (tertiary/aromatic N) is 1. The average Bonchev–Trinajstić information content (AvgIpc) is 2.32. The van der Waals surface area contributed by atoms with Crippen molar-refractivity contribution in [1.82, 2.24) is 4.98 Å². The van der Waals surface area contributed by atoms with Gasteiger partial charge in [-0.15, -0.1) is 0 Å². The SMILES string of the molecule is O=C(c1ccc(F)c(Br)c1)c1ncccc1O. The Kier molecular flexibility index (Phi) is 3.19. The van der Waals surface area contributed by atoms with Crippen LogP contribution in [0.25, 0.3) is 0 Å². The molecule has 17 heavy (non-hydrogen) atoms. The number of rotatable bonds is 2. The van der Waals surface area contributed by atoms with Gasteiger partial charge in [0, 0.05) is 11.8 Å². The topological polar surface area (TPSA) is 50.2 Å². The molecule has 5 heteroatoms. The highest BCUT2D eigenvalue weighted by Gasteiger charge is 2.15. The van der Waals surface area contributed by atoms with Crippen LogP contribution in [0.1, 0.15) is 16.1 Å². The number of aromatic nitrogens is 1. The third-order valence-electron chi connectivity index (χ3n) is 2.18. The highest BCUT2D eigenvalue weighted by molar-refractivity contribution is 9.10. The Morgan fingerprint density at radius 3 is 2.76 bits per heavy atom. The van der Waals surface area contributed by atoms with E-state index in [1.807, 2.05) is 0 Å². The summed E-state index contributed by atoms with van der Waals surface area (Å²) in [5.41, 5.74) is 0.207. The van der Waals surface area contributed by atoms with E-state index in [0.717, 1.165) is 0 Å². The number of pyridine rings is 1. The second-order valence-electron chi connectivity index (χ2n) is 3.33. The number of carbonyl (C=O) groups excluding carboxylic acids is 1. The number of carbonyl (C=O) groups is 1. The lowest BCUT2D eigenvalue weighted by molar-refractivity contribution is 0.103. The van der Waals surface area contributed by atoms with Crippen molar-refractivity contribution in [3.8, 4) is 5.75 Å². The van der Waals surface area contributed by atoms with Gasteiger partial charge in [-0.3, -0.25) is 4.79 Å². The van der Waals surface area contributed by atoms with E-state index < -0.39 is 11.6 Å². The van der Waals surface area contributed by atoms with Crippen molar-refractivity contribution in [3.05, 3.63) is 58.1 Å². The second kappa shape index (κ2) is 4.63. The van der Waals surface area contributed by atoms with Gasteiger partial charge in [0.2, 0.25) is 5.78 Å². The molecule has 1 N–H and O–H groups in total. The molecular weight excluding hydrogens is 289 g/mol. The van der Waals surface area contributed by atoms with Gasteiger partial charge < -0.3 is 5.11 Å². The zero-order valence-corrected chi connectivity index (χ0v) is 10.1. The Hall–Kier alpha value is -1.75. The summed E-state index contributed by atoms with van der Waals surface area (Å²) in [6.45, 7) is 0. The van der Waals surface area contributed by atoms with Crippen molar-refractivity contribution in [1.29, 1.82) is 0 Å². The number of hydrogen-bond donors (Lipinski definition) is 1. The molecule has 0 bridgehead atoms. The van der Waals surface area contributed by atoms with Crippen LogP contribution in [0, 0.1) is 5.82 Å². The molecule has 0 radical (unpaired) electrons. The lowest BCUT2D eigenvalue weighted by Crippen LogP contribution is -2.04. The molecular formula is C12H7BrFNO2. The van der Waals surface area contributed by atoms with Gasteiger partial charge in [-0.05, 0) is 46.3 Å². The molecule has 0 saturated carbocycles. The lowest BCUT2D eigenvalue weighted by atomic mass is 10.1. The van der Waals surface area contributed by atoms with Crippen LogP contribution < -0.4 is 0 Å². The molecule has 1 aromatic carbocycles. The standard InChI is InChI=1S/C12H7BrFNO2/c13-8-6-7(3-4-9(8)14)12(17)11-10(16)2-1-5-15-11/h1-6,16H. The van der Waals surface area contributed by atoms with E-state index in [0.29, 0.717) is 0 Å². The van der Waals surface area contributed by atoms with E-state index in [-0.39, 0.29) is 21.5 Å². The summed E-state index contributed by atoms with van der Waals surface area (Å²) < 4.78 is 13.2. The summed E-state index contributed by atoms with van der Waals surface area (Å²) >= 11 is 3.00. The molecule has 1 aromatic heterocycles. The molecule has 0 aliphatic heterocycles. The van der Waals surface area contributed by atoms with Crippen LogP contribution in [0.3, 0.4) is 0 Å². The van der Waals surface area contributed by atoms with Crippen molar-refractivity contribution in [3.63, 3.8) is 0 Å². The van der Waals surface area contributed by atoms with E-state index >= 15 is 0 Å². The third-order valence-corrected chi connectivity index (χ3v) is 2.79. The molecule has 0 spiro atoms. The molecule has 0 aliphatic rings. The maximum absolute atomic E-state index is 13.0. The van der Waals surface area contributed by atoms with Gasteiger partial charge in [0.1, 0.15) is 11.6 Å². The quantitative estimate of drug-likeness (QED) is 0.867. The number of ketones is 1. The van der Waals surface area contributed by atoms with Crippen molar-refractivity contribution in [2.45, 2.75) is 0 Å². The van der Waals surface area contributed by atoms with E-state index in [4.69, 9.17) is 0 Å². The largest absolute Gasteiger partial charge is 0.506 e. The summed E-state index contributed by atoms with van der Waals surface area (Å²) in [5, 5.41) is 9.50. The number of halogens is 2. The van der Waals surface area contributed by atoms with Crippen molar-refractivity contribution < 1.29 is 14.3 Å². The van der Waals surface area contributed by atoms with Crippen molar-refractivity contribution >= 4 is 21.7 Å². The highest BCUT2D eigenvalue weighted by atomic mass is 79.9. The molecule has 0 amide bonds. The maximum Gasteiger partial charge on any atom is 0.215 e. The van der Waals surface area contributed by atoms with Crippen LogP contribution in [0.2, 0.25) is 0 Å². The predicted octanol–water partition coefficient (Wildman–Crippen LogP) is 2.92. The summed E-state index contributed by atoms with van der Waals surface area (Å²) in [7, 11) is 0. The maximum atomic E-state index is 13.0. The zero-order valence-electron chi connectivity index (χ0n) is 8.52. The number of hydrogen-bond acceptors (Lipinski definition) is 3. The van der Waals surface area contributed by atoms with Gasteiger partial charge >= 0.3 is 0 Å². The summed E-state index contributed by atoms with van der Waals surface area (Å²) in [6.07, 6.45) is 1.41. The summed E-state index contributed by atoms with van der Waals surface area (Å²) in [5.74, 6) is -1.10. The van der Waals surface area contributed by atoms with Gasteiger partial charge in [-0.2, -0.15) is 0 Å². The second-order valence-corrected chi connectivity index (χ2v) is 4.18. The highest BCUT2D eigenvalue weighted by Crippen LogP contribution is 2.21. The first-order valence-electron chi connectivity index (χ1n) is 4.73. The Morgan fingerprint density at radius 1 is 1.35 bits per heavy atom. The molecule has 0 aliphatic carbocycles. The molecule has 2 aromatic rings. The van der Waals surface area contributed by atoms with Gasteiger partial charge in [-0.1, -0.05) is 0 Å². The minimum atomic E-state index is -0.455. The van der Waals surface area contributed by atoms with E-state index in [2.05, 4.69) is 20.9 Å². The third kappa shape index (κ3) is 2.34. The van der Waals surface area contributed by atoms with E-state index in [1.165, 1.54) is 36.5 Å². The van der Waals surface area contributed by atoms with Gasteiger partial charge in [-0.25, -0.2) is 9.37 Å². The molecule has 1 heterocycles. The monoisotopic (exact) mass is 295 g/mol. The van der Waals surface area contributed by atoms with Crippen molar-refractivity contribution in [2.75, 3.05) is 0 Å². The molecule has 3 nitrogen and oxygen atoms in total. The normalized spacial score (nSPS) is 10.2. The molecule has 2 rings (SSSR count). The first-order chi connectivity index (χ1) is 8.09. The Bertz CT molecular complexity index is 586. The van der Waals surface area contributed by atoms with Crippen LogP contribution in [-0.4, -0.2) is 15.9 Å². The first kappa shape index (κ1) is 11.7. The van der Waals surface area contributed by atoms with Crippen LogP contribution in [0.5, 0.6) is 5.75 Å². The predicted molar refractivity (Wildman–Crippen MR) is 63.4 cm³/mol. The van der Waals surface area contributed by atoms with Crippen molar-refractivity contribution in [2.24, 2.45) is 0 Å². The minimum absolute atomic E-state index is 0.0500. The van der Waals surface area contributed by atoms with Crippen LogP contribution in [0.4, 0.5) is 4.39 Å². The van der Waals surface area contributed by atoms with Crippen LogP contribution in [0.15, 0.2) is 41.0 Å². The molecule has 0 fully saturated rings. The fourth-order valence-corrected chi connectivity index (χ4v) is 1.72. The average molecular weight is 296 g/mol. The first-order valence-corrected chi connectivity index (χ1v) is 5.52. The zero-order chi connectivity index (χ0) is 12.4. The smallest absolute Gasteiger partial charge is 0.215 e. The van der Waals surface area contributed by atoms with E-state index in [9.17, 15) is 14.3 Å². The lowest BCUT2D eigenvalue weighted by Gasteiger charge is -2.03. The number of benzene rings is 1. The molecule has 0 unspecified atom stereocenters. The number of aromatic hydroxyl groups is 1. The van der Waals surface area contributed by atoms with Gasteiger partial charge in [0.05, 0.1) is 4.47 Å². The fourth-order valence-electron chi connectivity index (χ4n) is 1.35. The minimum Gasteiger partial charge on any atom is -0.506 e. The Balaban J connectivity index is 2.44. The Labute approximate surface area is 105 Å². The molecule has 86 valence electrons. The Morgan fingerprint density at radius 2 is 2.12 bits per heavy atom.